The summed E-state index contributed by atoms with van der Waals surface area (Å²) in [6.45, 7) is 5.00. The third-order valence-electron chi connectivity index (χ3n) is 4.79. The third kappa shape index (κ3) is 17.8. The van der Waals surface area contributed by atoms with E-state index in [0.717, 1.165) is 13.0 Å². The lowest BCUT2D eigenvalue weighted by molar-refractivity contribution is -0.139. The van der Waals surface area contributed by atoms with Crippen LogP contribution in [0.15, 0.2) is 12.2 Å². The molecule has 148 valence electrons. The van der Waals surface area contributed by atoms with Crippen LogP contribution in [0.4, 0.5) is 0 Å². The van der Waals surface area contributed by atoms with Gasteiger partial charge in [-0.3, -0.25) is 4.79 Å². The summed E-state index contributed by atoms with van der Waals surface area (Å²) in [6.07, 6.45) is 23.7. The van der Waals surface area contributed by atoms with E-state index in [1.165, 1.54) is 83.5 Å². The molecule has 0 spiro atoms. The highest BCUT2D eigenvalue weighted by molar-refractivity contribution is 5.73. The maximum atomic E-state index is 10.9. The van der Waals surface area contributed by atoms with E-state index in [4.69, 9.17) is 5.11 Å². The minimum absolute atomic E-state index is 0.372. The number of hydrogen-bond acceptors (Lipinski definition) is 2. The van der Waals surface area contributed by atoms with Crippen molar-refractivity contribution in [2.75, 3.05) is 6.54 Å². The van der Waals surface area contributed by atoms with E-state index in [1.807, 2.05) is 6.92 Å². The van der Waals surface area contributed by atoms with Gasteiger partial charge in [0.1, 0.15) is 6.04 Å². The first-order chi connectivity index (χ1) is 12.2. The number of aliphatic carboxylic acids is 1. The Bertz CT molecular complexity index is 315. The number of hydrogen-bond donors (Lipinski definition) is 2. The zero-order chi connectivity index (χ0) is 18.6. The average Bonchev–Trinajstić information content (AvgIpc) is 2.60. The molecule has 0 rings (SSSR count). The van der Waals surface area contributed by atoms with Crippen LogP contribution in [0.3, 0.4) is 0 Å². The molecule has 0 aliphatic rings. The molecule has 0 amide bonds. The average molecular weight is 354 g/mol. The predicted molar refractivity (Wildman–Crippen MR) is 109 cm³/mol. The van der Waals surface area contributed by atoms with Crippen molar-refractivity contribution in [2.45, 2.75) is 116 Å². The fraction of sp³-hybridized carbons (Fsp3) is 0.864. The summed E-state index contributed by atoms with van der Waals surface area (Å²) in [4.78, 5) is 10.9. The Labute approximate surface area is 156 Å². The van der Waals surface area contributed by atoms with Gasteiger partial charge in [0, 0.05) is 0 Å². The van der Waals surface area contributed by atoms with Gasteiger partial charge >= 0.3 is 5.97 Å². The maximum absolute atomic E-state index is 10.9. The largest absolute Gasteiger partial charge is 0.480 e. The second-order valence-electron chi connectivity index (χ2n) is 7.19. The number of allylic oxidation sites excluding steroid dienone is 2. The lowest BCUT2D eigenvalue weighted by atomic mass is 10.1. The van der Waals surface area contributed by atoms with Crippen LogP contribution < -0.4 is 5.32 Å². The van der Waals surface area contributed by atoms with Crippen molar-refractivity contribution < 1.29 is 9.90 Å². The molecule has 1 unspecified atom stereocenters. The molecular weight excluding hydrogens is 310 g/mol. The summed E-state index contributed by atoms with van der Waals surface area (Å²) in [5, 5.41) is 12.0. The van der Waals surface area contributed by atoms with Gasteiger partial charge < -0.3 is 10.4 Å². The van der Waals surface area contributed by atoms with E-state index in [0.29, 0.717) is 6.42 Å². The first kappa shape index (κ1) is 24.2. The number of unbranched alkanes of at least 4 members (excludes halogenated alkanes) is 12. The summed E-state index contributed by atoms with van der Waals surface area (Å²) in [5.41, 5.74) is 0. The molecule has 25 heavy (non-hydrogen) atoms. The first-order valence-corrected chi connectivity index (χ1v) is 10.8. The van der Waals surface area contributed by atoms with Crippen molar-refractivity contribution in [3.8, 4) is 0 Å². The first-order valence-electron chi connectivity index (χ1n) is 10.8. The fourth-order valence-electron chi connectivity index (χ4n) is 3.06. The number of rotatable bonds is 19. The van der Waals surface area contributed by atoms with Crippen molar-refractivity contribution in [1.29, 1.82) is 0 Å². The Morgan fingerprint density at radius 1 is 0.800 bits per heavy atom. The van der Waals surface area contributed by atoms with E-state index in [2.05, 4.69) is 24.4 Å². The van der Waals surface area contributed by atoms with Gasteiger partial charge in [0.25, 0.3) is 0 Å². The van der Waals surface area contributed by atoms with Crippen LogP contribution in [-0.2, 0) is 4.79 Å². The molecule has 0 aliphatic carbocycles. The van der Waals surface area contributed by atoms with Gasteiger partial charge in [-0.2, -0.15) is 0 Å². The summed E-state index contributed by atoms with van der Waals surface area (Å²) in [6, 6.07) is -0.372. The summed E-state index contributed by atoms with van der Waals surface area (Å²) in [7, 11) is 0. The molecule has 3 heteroatoms. The molecule has 1 atom stereocenters. The molecular formula is C22H43NO2. The van der Waals surface area contributed by atoms with E-state index in [1.54, 1.807) is 0 Å². The van der Waals surface area contributed by atoms with Gasteiger partial charge in [-0.05, 0) is 45.1 Å². The van der Waals surface area contributed by atoms with E-state index in [-0.39, 0.29) is 6.04 Å². The Balaban J connectivity index is 3.20. The zero-order valence-electron chi connectivity index (χ0n) is 16.9. The smallest absolute Gasteiger partial charge is 0.320 e. The molecule has 0 radical (unpaired) electrons. The van der Waals surface area contributed by atoms with Crippen LogP contribution in [0.5, 0.6) is 0 Å². The topological polar surface area (TPSA) is 49.3 Å². The highest BCUT2D eigenvalue weighted by atomic mass is 16.4. The lowest BCUT2D eigenvalue weighted by Gasteiger charge is -2.11. The molecule has 0 aromatic heterocycles. The molecule has 0 saturated carbocycles. The minimum Gasteiger partial charge on any atom is -0.480 e. The van der Waals surface area contributed by atoms with Gasteiger partial charge in [0.05, 0.1) is 0 Å². The molecule has 3 nitrogen and oxygen atoms in total. The van der Waals surface area contributed by atoms with Crippen molar-refractivity contribution in [1.82, 2.24) is 5.32 Å². The molecule has 0 heterocycles. The zero-order valence-corrected chi connectivity index (χ0v) is 16.9. The van der Waals surface area contributed by atoms with Gasteiger partial charge in [0.15, 0.2) is 0 Å². The van der Waals surface area contributed by atoms with E-state index in [9.17, 15) is 4.79 Å². The number of carboxylic acids is 1. The normalized spacial score (nSPS) is 12.7. The van der Waals surface area contributed by atoms with Crippen LogP contribution in [0.25, 0.3) is 0 Å². The standard InChI is InChI=1S/C22H43NO2/c1-3-5-6-7-8-9-10-11-12-13-14-15-16-17-18-19-20-23-21(4-2)22(24)25/h11-12,21,23H,3-10,13-20H2,1-2H3,(H,24,25)/b12-11+. The van der Waals surface area contributed by atoms with Crippen molar-refractivity contribution >= 4 is 5.97 Å². The SMILES string of the molecule is CCCCCCCC/C=C/CCCCCCCCNC(CC)C(=O)O. The molecule has 0 aliphatic heterocycles. The van der Waals surface area contributed by atoms with Crippen molar-refractivity contribution in [2.24, 2.45) is 0 Å². The maximum Gasteiger partial charge on any atom is 0.320 e. The number of carbonyl (C=O) groups is 1. The molecule has 0 aromatic rings. The van der Waals surface area contributed by atoms with Crippen LogP contribution in [0.1, 0.15) is 110 Å². The van der Waals surface area contributed by atoms with Crippen molar-refractivity contribution in [3.05, 3.63) is 12.2 Å². The van der Waals surface area contributed by atoms with Crippen LogP contribution in [0.2, 0.25) is 0 Å². The van der Waals surface area contributed by atoms with Crippen LogP contribution in [0, 0.1) is 0 Å². The van der Waals surface area contributed by atoms with Gasteiger partial charge in [-0.15, -0.1) is 0 Å². The Kier molecular flexibility index (Phi) is 18.8. The van der Waals surface area contributed by atoms with E-state index >= 15 is 0 Å². The second kappa shape index (κ2) is 19.5. The molecule has 0 bridgehead atoms. The monoisotopic (exact) mass is 353 g/mol. The highest BCUT2D eigenvalue weighted by Crippen LogP contribution is 2.09. The Morgan fingerprint density at radius 3 is 1.76 bits per heavy atom. The molecule has 2 N–H and O–H groups in total. The minimum atomic E-state index is -0.730. The molecule has 0 fully saturated rings. The van der Waals surface area contributed by atoms with Crippen molar-refractivity contribution in [3.63, 3.8) is 0 Å². The summed E-state index contributed by atoms with van der Waals surface area (Å²) in [5.74, 6) is -0.730. The van der Waals surface area contributed by atoms with E-state index < -0.39 is 5.97 Å². The Morgan fingerprint density at radius 2 is 1.28 bits per heavy atom. The third-order valence-corrected chi connectivity index (χ3v) is 4.79. The molecule has 0 saturated heterocycles. The fourth-order valence-corrected chi connectivity index (χ4v) is 3.06. The number of nitrogens with one attached hydrogen (secondary N) is 1. The van der Waals surface area contributed by atoms with Crippen LogP contribution >= 0.6 is 0 Å². The van der Waals surface area contributed by atoms with Gasteiger partial charge in [-0.1, -0.05) is 83.8 Å². The second-order valence-corrected chi connectivity index (χ2v) is 7.19. The summed E-state index contributed by atoms with van der Waals surface area (Å²) < 4.78 is 0. The van der Waals surface area contributed by atoms with Gasteiger partial charge in [0.2, 0.25) is 0 Å². The number of carboxylic acid groups (broad SMARTS) is 1. The highest BCUT2D eigenvalue weighted by Gasteiger charge is 2.12. The van der Waals surface area contributed by atoms with Crippen LogP contribution in [-0.4, -0.2) is 23.7 Å². The lowest BCUT2D eigenvalue weighted by Crippen LogP contribution is -2.36. The predicted octanol–water partition coefficient (Wildman–Crippen LogP) is 6.48. The quantitative estimate of drug-likeness (QED) is 0.206. The molecule has 0 aromatic carbocycles. The summed E-state index contributed by atoms with van der Waals surface area (Å²) >= 11 is 0. The van der Waals surface area contributed by atoms with Gasteiger partial charge in [-0.25, -0.2) is 0 Å². The Hall–Kier alpha value is -0.830.